The molecule has 0 fully saturated rings. The van der Waals surface area contributed by atoms with Crippen LogP contribution in [0.2, 0.25) is 0 Å². The van der Waals surface area contributed by atoms with Gasteiger partial charge >= 0.3 is 5.97 Å². The number of hydrogen-bond donors (Lipinski definition) is 1. The summed E-state index contributed by atoms with van der Waals surface area (Å²) >= 11 is 0. The lowest BCUT2D eigenvalue weighted by Crippen LogP contribution is -2.22. The van der Waals surface area contributed by atoms with Gasteiger partial charge in [-0.2, -0.15) is 0 Å². The Morgan fingerprint density at radius 1 is 1.27 bits per heavy atom. The minimum Gasteiger partial charge on any atom is -0.505 e. The molecule has 0 saturated carbocycles. The van der Waals surface area contributed by atoms with Crippen LogP contribution in [0.25, 0.3) is 16.6 Å². The highest BCUT2D eigenvalue weighted by molar-refractivity contribution is 6.01. The summed E-state index contributed by atoms with van der Waals surface area (Å²) in [6.45, 7) is 3.67. The second-order valence-electron chi connectivity index (χ2n) is 5.85. The number of halogens is 1. The number of benzene rings is 1. The molecule has 0 amide bonds. The average molecular weight is 358 g/mol. The van der Waals surface area contributed by atoms with Crippen molar-refractivity contribution in [2.45, 2.75) is 20.3 Å². The molecular formula is C19H19FN2O4. The summed E-state index contributed by atoms with van der Waals surface area (Å²) in [5.41, 5.74) is 0.797. The molecule has 0 aliphatic heterocycles. The van der Waals surface area contributed by atoms with E-state index in [4.69, 9.17) is 4.74 Å². The van der Waals surface area contributed by atoms with E-state index in [0.29, 0.717) is 23.3 Å². The van der Waals surface area contributed by atoms with Gasteiger partial charge in [-0.1, -0.05) is 13.0 Å². The monoisotopic (exact) mass is 358 g/mol. The zero-order chi connectivity index (χ0) is 19.0. The van der Waals surface area contributed by atoms with E-state index >= 15 is 0 Å². The standard InChI is InChI=1S/C19H19FN2O4/c1-4-12-10-14-15(17(23)16(21(14)3)19(25)26-5-2)18(24)22(12)13-8-6-7-11(20)9-13/h6-10,23H,4-5H2,1-3H3. The van der Waals surface area contributed by atoms with Crippen molar-refractivity contribution in [3.8, 4) is 11.4 Å². The maximum absolute atomic E-state index is 13.6. The van der Waals surface area contributed by atoms with Gasteiger partial charge in [0.2, 0.25) is 0 Å². The van der Waals surface area contributed by atoms with Crippen LogP contribution >= 0.6 is 0 Å². The van der Waals surface area contributed by atoms with Crippen LogP contribution in [-0.2, 0) is 18.2 Å². The zero-order valence-corrected chi connectivity index (χ0v) is 14.7. The normalized spacial score (nSPS) is 11.1. The van der Waals surface area contributed by atoms with E-state index in [9.17, 15) is 19.1 Å². The quantitative estimate of drug-likeness (QED) is 0.728. The van der Waals surface area contributed by atoms with Gasteiger partial charge in [-0.15, -0.1) is 0 Å². The molecule has 2 heterocycles. The largest absolute Gasteiger partial charge is 0.505 e. The predicted octanol–water partition coefficient (Wildman–Crippen LogP) is 2.91. The van der Waals surface area contributed by atoms with Crippen LogP contribution in [0.1, 0.15) is 30.0 Å². The molecule has 0 saturated heterocycles. The second kappa shape index (κ2) is 6.67. The Hall–Kier alpha value is -3.09. The van der Waals surface area contributed by atoms with Gasteiger partial charge in [0.1, 0.15) is 11.2 Å². The molecule has 3 rings (SSSR count). The van der Waals surface area contributed by atoms with Crippen LogP contribution in [0, 0.1) is 5.82 Å². The fourth-order valence-corrected chi connectivity index (χ4v) is 3.12. The zero-order valence-electron chi connectivity index (χ0n) is 14.7. The topological polar surface area (TPSA) is 73.5 Å². The summed E-state index contributed by atoms with van der Waals surface area (Å²) < 4.78 is 21.4. The molecule has 7 heteroatoms. The third-order valence-corrected chi connectivity index (χ3v) is 4.32. The summed E-state index contributed by atoms with van der Waals surface area (Å²) in [4.78, 5) is 25.3. The number of carbonyl (C=O) groups is 1. The number of aromatic nitrogens is 2. The number of aryl methyl sites for hydroxylation is 2. The van der Waals surface area contributed by atoms with Crippen molar-refractivity contribution >= 4 is 16.9 Å². The molecule has 0 radical (unpaired) electrons. The third kappa shape index (κ3) is 2.65. The lowest BCUT2D eigenvalue weighted by atomic mass is 10.2. The highest BCUT2D eigenvalue weighted by Gasteiger charge is 2.26. The van der Waals surface area contributed by atoms with Crippen molar-refractivity contribution in [1.82, 2.24) is 9.13 Å². The van der Waals surface area contributed by atoms with Gasteiger partial charge in [0.05, 0.1) is 17.8 Å². The minimum atomic E-state index is -0.710. The Kier molecular flexibility index (Phi) is 4.54. The van der Waals surface area contributed by atoms with Crippen LogP contribution in [0.4, 0.5) is 4.39 Å². The lowest BCUT2D eigenvalue weighted by Gasteiger charge is -2.13. The first-order valence-electron chi connectivity index (χ1n) is 8.30. The number of ether oxygens (including phenoxy) is 1. The Bertz CT molecular complexity index is 1070. The van der Waals surface area contributed by atoms with Gasteiger partial charge in [0.15, 0.2) is 11.4 Å². The molecule has 1 N–H and O–H groups in total. The molecule has 3 aromatic rings. The fourth-order valence-electron chi connectivity index (χ4n) is 3.12. The molecule has 136 valence electrons. The van der Waals surface area contributed by atoms with Gasteiger partial charge in [0.25, 0.3) is 5.56 Å². The van der Waals surface area contributed by atoms with E-state index in [1.54, 1.807) is 26.1 Å². The van der Waals surface area contributed by atoms with Gasteiger partial charge in [-0.3, -0.25) is 9.36 Å². The summed E-state index contributed by atoms with van der Waals surface area (Å²) in [7, 11) is 1.58. The first-order valence-corrected chi connectivity index (χ1v) is 8.30. The number of nitrogens with zero attached hydrogens (tertiary/aromatic N) is 2. The molecule has 0 unspecified atom stereocenters. The maximum atomic E-state index is 13.6. The fraction of sp³-hybridized carbons (Fsp3) is 0.263. The SMILES string of the molecule is CCOC(=O)c1c(O)c2c(=O)n(-c3cccc(F)c3)c(CC)cc2n1C. The number of esters is 1. The number of rotatable bonds is 4. The molecule has 0 aliphatic carbocycles. The Morgan fingerprint density at radius 2 is 2.00 bits per heavy atom. The summed E-state index contributed by atoms with van der Waals surface area (Å²) in [5, 5.41) is 10.5. The predicted molar refractivity (Wildman–Crippen MR) is 95.5 cm³/mol. The summed E-state index contributed by atoms with van der Waals surface area (Å²) in [6, 6.07) is 7.37. The Morgan fingerprint density at radius 3 is 2.62 bits per heavy atom. The first kappa shape index (κ1) is 17.7. The van der Waals surface area contributed by atoms with E-state index in [2.05, 4.69) is 0 Å². The summed E-state index contributed by atoms with van der Waals surface area (Å²) in [6.07, 6.45) is 0.502. The third-order valence-electron chi connectivity index (χ3n) is 4.32. The molecule has 1 aromatic carbocycles. The van der Waals surface area contributed by atoms with E-state index in [-0.39, 0.29) is 17.7 Å². The maximum Gasteiger partial charge on any atom is 0.358 e. The number of carbonyl (C=O) groups excluding carboxylic acids is 1. The lowest BCUT2D eigenvalue weighted by molar-refractivity contribution is 0.0512. The van der Waals surface area contributed by atoms with Crippen molar-refractivity contribution in [2.75, 3.05) is 6.61 Å². The molecule has 26 heavy (non-hydrogen) atoms. The molecular weight excluding hydrogens is 339 g/mol. The van der Waals surface area contributed by atoms with Gasteiger partial charge < -0.3 is 14.4 Å². The van der Waals surface area contributed by atoms with Crippen LogP contribution in [-0.4, -0.2) is 26.8 Å². The van der Waals surface area contributed by atoms with Crippen molar-refractivity contribution in [3.05, 3.63) is 57.9 Å². The molecule has 0 aliphatic rings. The summed E-state index contributed by atoms with van der Waals surface area (Å²) in [5.74, 6) is -1.61. The van der Waals surface area contributed by atoms with Gasteiger partial charge in [0, 0.05) is 12.7 Å². The second-order valence-corrected chi connectivity index (χ2v) is 5.85. The van der Waals surface area contributed by atoms with Crippen LogP contribution < -0.4 is 5.56 Å². The van der Waals surface area contributed by atoms with E-state index in [1.807, 2.05) is 6.92 Å². The van der Waals surface area contributed by atoms with E-state index in [1.165, 1.54) is 27.3 Å². The molecule has 0 bridgehead atoms. The van der Waals surface area contributed by atoms with Crippen molar-refractivity contribution in [3.63, 3.8) is 0 Å². The highest BCUT2D eigenvalue weighted by atomic mass is 19.1. The van der Waals surface area contributed by atoms with Gasteiger partial charge in [-0.05, 0) is 37.6 Å². The van der Waals surface area contributed by atoms with Crippen LogP contribution in [0.3, 0.4) is 0 Å². The van der Waals surface area contributed by atoms with E-state index < -0.39 is 23.1 Å². The Labute approximate surface area is 149 Å². The van der Waals surface area contributed by atoms with E-state index in [0.717, 1.165) is 0 Å². The highest BCUT2D eigenvalue weighted by Crippen LogP contribution is 2.31. The number of fused-ring (bicyclic) bond motifs is 1. The van der Waals surface area contributed by atoms with Crippen molar-refractivity contribution in [2.24, 2.45) is 7.05 Å². The number of hydrogen-bond acceptors (Lipinski definition) is 4. The smallest absolute Gasteiger partial charge is 0.358 e. The first-order chi connectivity index (χ1) is 12.4. The Balaban J connectivity index is 2.39. The molecule has 0 spiro atoms. The molecule has 0 atom stereocenters. The minimum absolute atomic E-state index is 0.00276. The van der Waals surface area contributed by atoms with Crippen molar-refractivity contribution in [1.29, 1.82) is 0 Å². The van der Waals surface area contributed by atoms with Gasteiger partial charge in [-0.25, -0.2) is 9.18 Å². The molecule has 6 nitrogen and oxygen atoms in total. The average Bonchev–Trinajstić information content (AvgIpc) is 2.85. The number of pyridine rings is 1. The number of aromatic hydroxyl groups is 1. The van der Waals surface area contributed by atoms with Crippen LogP contribution in [0.15, 0.2) is 35.1 Å². The molecule has 2 aromatic heterocycles. The van der Waals surface area contributed by atoms with Crippen LogP contribution in [0.5, 0.6) is 5.75 Å². The van der Waals surface area contributed by atoms with Crippen molar-refractivity contribution < 1.29 is 19.0 Å².